The number of ether oxygens (including phenoxy) is 2. The average molecular weight is 293 g/mol. The summed E-state index contributed by atoms with van der Waals surface area (Å²) < 4.78 is 10.3. The third-order valence-corrected chi connectivity index (χ3v) is 3.03. The Morgan fingerprint density at radius 1 is 1.33 bits per heavy atom. The molecule has 1 aromatic rings. The Labute approximate surface area is 123 Å². The predicted octanol–water partition coefficient (Wildman–Crippen LogP) is 1.56. The van der Waals surface area contributed by atoms with Crippen LogP contribution in [0.25, 0.3) is 0 Å². The van der Waals surface area contributed by atoms with Crippen LogP contribution in [0.4, 0.5) is 16.2 Å². The van der Waals surface area contributed by atoms with Crippen molar-refractivity contribution in [2.45, 2.75) is 19.4 Å². The van der Waals surface area contributed by atoms with Gasteiger partial charge in [-0.05, 0) is 24.6 Å². The maximum Gasteiger partial charge on any atom is 0.319 e. The van der Waals surface area contributed by atoms with Crippen LogP contribution < -0.4 is 20.7 Å². The molecular formula is C14H19N3O4. The van der Waals surface area contributed by atoms with Crippen LogP contribution in [0.5, 0.6) is 5.75 Å². The van der Waals surface area contributed by atoms with Crippen LogP contribution in [0.2, 0.25) is 0 Å². The molecule has 1 heterocycles. The second-order valence-corrected chi connectivity index (χ2v) is 4.76. The van der Waals surface area contributed by atoms with Crippen LogP contribution in [0.15, 0.2) is 18.2 Å². The summed E-state index contributed by atoms with van der Waals surface area (Å²) in [4.78, 5) is 23.0. The zero-order valence-corrected chi connectivity index (χ0v) is 12.1. The molecule has 0 spiro atoms. The first-order valence-corrected chi connectivity index (χ1v) is 6.69. The summed E-state index contributed by atoms with van der Waals surface area (Å²) in [6, 6.07) is 4.77. The van der Waals surface area contributed by atoms with Gasteiger partial charge in [-0.2, -0.15) is 0 Å². The molecule has 0 aliphatic carbocycles. The van der Waals surface area contributed by atoms with Crippen molar-refractivity contribution in [1.29, 1.82) is 0 Å². The third kappa shape index (κ3) is 4.35. The van der Waals surface area contributed by atoms with E-state index in [1.807, 2.05) is 0 Å². The second kappa shape index (κ2) is 6.94. The van der Waals surface area contributed by atoms with Crippen LogP contribution in [-0.4, -0.2) is 38.3 Å². The van der Waals surface area contributed by atoms with E-state index in [2.05, 4.69) is 16.0 Å². The molecule has 1 aliphatic heterocycles. The van der Waals surface area contributed by atoms with Gasteiger partial charge in [0.2, 0.25) is 5.91 Å². The lowest BCUT2D eigenvalue weighted by Gasteiger charge is -2.14. The van der Waals surface area contributed by atoms with Crippen molar-refractivity contribution < 1.29 is 19.1 Å². The highest BCUT2D eigenvalue weighted by Crippen LogP contribution is 2.27. The van der Waals surface area contributed by atoms with Gasteiger partial charge in [0.1, 0.15) is 5.75 Å². The molecule has 1 aliphatic rings. The van der Waals surface area contributed by atoms with Gasteiger partial charge in [-0.25, -0.2) is 4.79 Å². The van der Waals surface area contributed by atoms with Gasteiger partial charge in [-0.1, -0.05) is 0 Å². The number of hydrogen-bond acceptors (Lipinski definition) is 4. The number of anilines is 2. The Hall–Kier alpha value is -2.28. The van der Waals surface area contributed by atoms with Gasteiger partial charge < -0.3 is 25.4 Å². The van der Waals surface area contributed by atoms with Crippen molar-refractivity contribution in [2.75, 3.05) is 31.0 Å². The van der Waals surface area contributed by atoms with E-state index in [4.69, 9.17) is 9.47 Å². The first-order chi connectivity index (χ1) is 10.1. The zero-order chi connectivity index (χ0) is 15.2. The smallest absolute Gasteiger partial charge is 0.319 e. The topological polar surface area (TPSA) is 88.7 Å². The highest BCUT2D eigenvalue weighted by atomic mass is 16.5. The molecule has 1 aromatic carbocycles. The number of hydrogen-bond donors (Lipinski definition) is 3. The first-order valence-electron chi connectivity index (χ1n) is 6.69. The van der Waals surface area contributed by atoms with E-state index in [1.165, 1.54) is 14.0 Å². The molecule has 7 heteroatoms. The maximum absolute atomic E-state index is 11.9. The number of benzene rings is 1. The maximum atomic E-state index is 11.9. The second-order valence-electron chi connectivity index (χ2n) is 4.76. The highest BCUT2D eigenvalue weighted by Gasteiger charge is 2.17. The Morgan fingerprint density at radius 3 is 2.76 bits per heavy atom. The van der Waals surface area contributed by atoms with Crippen molar-refractivity contribution in [3.63, 3.8) is 0 Å². The Kier molecular flexibility index (Phi) is 4.99. The van der Waals surface area contributed by atoms with Crippen molar-refractivity contribution in [3.8, 4) is 5.75 Å². The summed E-state index contributed by atoms with van der Waals surface area (Å²) in [5.74, 6) is 0.318. The zero-order valence-electron chi connectivity index (χ0n) is 12.1. The Balaban J connectivity index is 2.01. The molecule has 0 saturated carbocycles. The fraction of sp³-hybridized carbons (Fsp3) is 0.429. The molecule has 3 N–H and O–H groups in total. The molecule has 1 atom stereocenters. The lowest BCUT2D eigenvalue weighted by Crippen LogP contribution is -2.38. The first kappa shape index (κ1) is 15.1. The monoisotopic (exact) mass is 293 g/mol. The Bertz CT molecular complexity index is 527. The minimum Gasteiger partial charge on any atom is -0.495 e. The van der Waals surface area contributed by atoms with Crippen LogP contribution in [-0.2, 0) is 9.53 Å². The summed E-state index contributed by atoms with van der Waals surface area (Å²) in [6.07, 6.45) is 0.813. The Morgan fingerprint density at radius 2 is 2.14 bits per heavy atom. The van der Waals surface area contributed by atoms with Crippen molar-refractivity contribution >= 4 is 23.3 Å². The highest BCUT2D eigenvalue weighted by molar-refractivity contribution is 5.94. The summed E-state index contributed by atoms with van der Waals surface area (Å²) in [7, 11) is 1.51. The summed E-state index contributed by atoms with van der Waals surface area (Å²) in [6.45, 7) is 2.61. The minimum atomic E-state index is -0.301. The SMILES string of the molecule is COc1ccc(NC(=O)NC2CCOC2)cc1NC(C)=O. The van der Waals surface area contributed by atoms with Gasteiger partial charge in [0, 0.05) is 19.2 Å². The molecule has 1 fully saturated rings. The van der Waals surface area contributed by atoms with E-state index in [0.29, 0.717) is 30.3 Å². The molecule has 1 saturated heterocycles. The minimum absolute atomic E-state index is 0.0399. The summed E-state index contributed by atoms with van der Waals surface area (Å²) in [5, 5.41) is 8.20. The van der Waals surface area contributed by atoms with E-state index in [-0.39, 0.29) is 18.0 Å². The van der Waals surface area contributed by atoms with Crippen molar-refractivity contribution in [2.24, 2.45) is 0 Å². The average Bonchev–Trinajstić information content (AvgIpc) is 2.91. The van der Waals surface area contributed by atoms with E-state index >= 15 is 0 Å². The molecule has 2 rings (SSSR count). The quantitative estimate of drug-likeness (QED) is 0.786. The summed E-state index contributed by atoms with van der Waals surface area (Å²) >= 11 is 0. The molecule has 3 amide bonds. The number of nitrogens with one attached hydrogen (secondary N) is 3. The molecule has 0 bridgehead atoms. The van der Waals surface area contributed by atoms with Crippen molar-refractivity contribution in [3.05, 3.63) is 18.2 Å². The number of carbonyl (C=O) groups is 2. The van der Waals surface area contributed by atoms with Crippen LogP contribution in [0, 0.1) is 0 Å². The lowest BCUT2D eigenvalue weighted by molar-refractivity contribution is -0.114. The largest absolute Gasteiger partial charge is 0.495 e. The predicted molar refractivity (Wildman–Crippen MR) is 78.7 cm³/mol. The number of urea groups is 1. The van der Waals surface area contributed by atoms with E-state index in [0.717, 1.165) is 6.42 Å². The number of carbonyl (C=O) groups excluding carboxylic acids is 2. The van der Waals surface area contributed by atoms with Crippen molar-refractivity contribution in [1.82, 2.24) is 5.32 Å². The molecule has 7 nitrogen and oxygen atoms in total. The fourth-order valence-corrected chi connectivity index (χ4v) is 2.07. The fourth-order valence-electron chi connectivity index (χ4n) is 2.07. The molecule has 21 heavy (non-hydrogen) atoms. The van der Waals surface area contributed by atoms with Gasteiger partial charge in [-0.15, -0.1) is 0 Å². The standard InChI is InChI=1S/C14H19N3O4/c1-9(18)15-12-7-10(3-4-13(12)20-2)16-14(19)17-11-5-6-21-8-11/h3-4,7,11H,5-6,8H2,1-2H3,(H,15,18)(H2,16,17,19). The number of methoxy groups -OCH3 is 1. The van der Waals surface area contributed by atoms with Gasteiger partial charge in [-0.3, -0.25) is 4.79 Å². The molecular weight excluding hydrogens is 274 g/mol. The van der Waals surface area contributed by atoms with Gasteiger partial charge >= 0.3 is 6.03 Å². The van der Waals surface area contributed by atoms with Crippen LogP contribution in [0.1, 0.15) is 13.3 Å². The molecule has 0 radical (unpaired) electrons. The van der Waals surface area contributed by atoms with Gasteiger partial charge in [0.05, 0.1) is 25.4 Å². The molecule has 1 unspecified atom stereocenters. The van der Waals surface area contributed by atoms with E-state index in [1.54, 1.807) is 18.2 Å². The molecule has 0 aromatic heterocycles. The summed E-state index contributed by atoms with van der Waals surface area (Å²) in [5.41, 5.74) is 1.07. The number of rotatable bonds is 4. The normalized spacial score (nSPS) is 17.1. The van der Waals surface area contributed by atoms with E-state index in [9.17, 15) is 9.59 Å². The van der Waals surface area contributed by atoms with E-state index < -0.39 is 0 Å². The third-order valence-electron chi connectivity index (χ3n) is 3.03. The van der Waals surface area contributed by atoms with Crippen LogP contribution >= 0.6 is 0 Å². The molecule has 114 valence electrons. The van der Waals surface area contributed by atoms with Crippen LogP contribution in [0.3, 0.4) is 0 Å². The van der Waals surface area contributed by atoms with Gasteiger partial charge in [0.25, 0.3) is 0 Å². The number of amides is 3. The van der Waals surface area contributed by atoms with Gasteiger partial charge in [0.15, 0.2) is 0 Å². The lowest BCUT2D eigenvalue weighted by atomic mass is 10.2.